The van der Waals surface area contributed by atoms with E-state index in [1.165, 1.54) is 29.7 Å². The molecule has 2 aromatic heterocycles. The highest BCUT2D eigenvalue weighted by atomic mass is 32.1. The first-order valence-electron chi connectivity index (χ1n) is 5.88. The predicted molar refractivity (Wildman–Crippen MR) is 74.5 cm³/mol. The van der Waals surface area contributed by atoms with Crippen molar-refractivity contribution in [3.05, 3.63) is 41.4 Å². The number of nitrogen functional groups attached to an aromatic ring is 1. The first kappa shape index (κ1) is 13.6. The number of aromatic amines is 1. The van der Waals surface area contributed by atoms with Gasteiger partial charge in [0.15, 0.2) is 0 Å². The van der Waals surface area contributed by atoms with Crippen LogP contribution in [-0.4, -0.2) is 15.2 Å². The third kappa shape index (κ3) is 2.49. The maximum atomic E-state index is 13.0. The van der Waals surface area contributed by atoms with E-state index in [1.807, 2.05) is 0 Å². The van der Waals surface area contributed by atoms with E-state index in [0.29, 0.717) is 16.4 Å². The number of nitrogens with two attached hydrogens (primary N) is 1. The Morgan fingerprint density at radius 2 is 1.90 bits per heavy atom. The molecule has 108 valence electrons. The SMILES string of the molecule is Nc1[nH]ncc1-c1nc(-c2ccccc2C(F)(F)F)cs1. The standard InChI is InChI=1S/C13H9F3N4S/c14-13(15,16)9-4-2-1-3-7(9)10-6-21-12(19-10)8-5-18-20-11(8)17/h1-6H,(H3,17,18,20). The minimum absolute atomic E-state index is 0.0505. The van der Waals surface area contributed by atoms with Crippen LogP contribution in [0, 0.1) is 0 Å². The number of halogens is 3. The van der Waals surface area contributed by atoms with Crippen LogP contribution in [0.4, 0.5) is 19.0 Å². The molecule has 0 amide bonds. The van der Waals surface area contributed by atoms with Crippen molar-refractivity contribution in [2.45, 2.75) is 6.18 Å². The number of alkyl halides is 3. The highest BCUT2D eigenvalue weighted by Crippen LogP contribution is 2.38. The normalized spacial score (nSPS) is 11.8. The molecule has 0 unspecified atom stereocenters. The monoisotopic (exact) mass is 310 g/mol. The van der Waals surface area contributed by atoms with Gasteiger partial charge in [0.25, 0.3) is 0 Å². The van der Waals surface area contributed by atoms with Gasteiger partial charge in [-0.25, -0.2) is 4.98 Å². The Bertz CT molecular complexity index is 776. The zero-order chi connectivity index (χ0) is 15.0. The Labute approximate surface area is 121 Å². The molecule has 3 rings (SSSR count). The Kier molecular flexibility index (Phi) is 3.17. The van der Waals surface area contributed by atoms with Gasteiger partial charge in [0, 0.05) is 10.9 Å². The minimum atomic E-state index is -4.42. The fourth-order valence-corrected chi connectivity index (χ4v) is 2.78. The lowest BCUT2D eigenvalue weighted by atomic mass is 10.1. The van der Waals surface area contributed by atoms with Crippen LogP contribution >= 0.6 is 11.3 Å². The van der Waals surface area contributed by atoms with Crippen LogP contribution in [0.2, 0.25) is 0 Å². The van der Waals surface area contributed by atoms with Gasteiger partial charge in [-0.2, -0.15) is 18.3 Å². The van der Waals surface area contributed by atoms with Crippen LogP contribution in [0.25, 0.3) is 21.8 Å². The van der Waals surface area contributed by atoms with E-state index in [1.54, 1.807) is 11.4 Å². The number of benzene rings is 1. The minimum Gasteiger partial charge on any atom is -0.383 e. The van der Waals surface area contributed by atoms with Crippen molar-refractivity contribution >= 4 is 17.2 Å². The van der Waals surface area contributed by atoms with Gasteiger partial charge in [0.2, 0.25) is 0 Å². The van der Waals surface area contributed by atoms with Crippen LogP contribution in [0.5, 0.6) is 0 Å². The molecule has 1 aromatic carbocycles. The quantitative estimate of drug-likeness (QED) is 0.756. The first-order chi connectivity index (χ1) is 9.97. The third-order valence-corrected chi connectivity index (χ3v) is 3.79. The van der Waals surface area contributed by atoms with Crippen molar-refractivity contribution in [2.24, 2.45) is 0 Å². The second-order valence-electron chi connectivity index (χ2n) is 4.28. The molecule has 3 N–H and O–H groups in total. The smallest absolute Gasteiger partial charge is 0.383 e. The lowest BCUT2D eigenvalue weighted by Crippen LogP contribution is -2.06. The predicted octanol–water partition coefficient (Wildman–Crippen LogP) is 3.80. The molecule has 21 heavy (non-hydrogen) atoms. The largest absolute Gasteiger partial charge is 0.417 e. The maximum absolute atomic E-state index is 13.0. The summed E-state index contributed by atoms with van der Waals surface area (Å²) in [5.41, 5.74) is 5.88. The highest BCUT2D eigenvalue weighted by molar-refractivity contribution is 7.13. The van der Waals surface area contributed by atoms with Gasteiger partial charge in [-0.15, -0.1) is 11.3 Å². The zero-order valence-electron chi connectivity index (χ0n) is 10.5. The van der Waals surface area contributed by atoms with Crippen LogP contribution in [0.3, 0.4) is 0 Å². The molecule has 0 radical (unpaired) electrons. The van der Waals surface area contributed by atoms with Crippen molar-refractivity contribution < 1.29 is 13.2 Å². The van der Waals surface area contributed by atoms with E-state index in [9.17, 15) is 13.2 Å². The van der Waals surface area contributed by atoms with Crippen molar-refractivity contribution in [3.8, 4) is 21.8 Å². The van der Waals surface area contributed by atoms with E-state index in [2.05, 4.69) is 15.2 Å². The molecule has 0 bridgehead atoms. The van der Waals surface area contributed by atoms with Crippen molar-refractivity contribution in [1.82, 2.24) is 15.2 Å². The number of rotatable bonds is 2. The molecule has 0 aliphatic carbocycles. The lowest BCUT2D eigenvalue weighted by molar-refractivity contribution is -0.137. The Morgan fingerprint density at radius 1 is 1.14 bits per heavy atom. The number of anilines is 1. The Hall–Kier alpha value is -2.35. The van der Waals surface area contributed by atoms with Gasteiger partial charge in [-0.05, 0) is 6.07 Å². The molecular weight excluding hydrogens is 301 g/mol. The lowest BCUT2D eigenvalue weighted by Gasteiger charge is -2.10. The molecule has 8 heteroatoms. The van der Waals surface area contributed by atoms with Gasteiger partial charge < -0.3 is 5.73 Å². The topological polar surface area (TPSA) is 67.6 Å². The van der Waals surface area contributed by atoms with E-state index in [4.69, 9.17) is 5.73 Å². The number of aromatic nitrogens is 3. The highest BCUT2D eigenvalue weighted by Gasteiger charge is 2.33. The average Bonchev–Trinajstić information content (AvgIpc) is 3.06. The van der Waals surface area contributed by atoms with Crippen LogP contribution in [0.15, 0.2) is 35.8 Å². The maximum Gasteiger partial charge on any atom is 0.417 e. The molecule has 0 saturated carbocycles. The van der Waals surface area contributed by atoms with Gasteiger partial charge in [0.05, 0.1) is 23.0 Å². The molecule has 4 nitrogen and oxygen atoms in total. The van der Waals surface area contributed by atoms with E-state index in [0.717, 1.165) is 6.07 Å². The number of H-pyrrole nitrogens is 1. The second kappa shape index (κ2) is 4.88. The summed E-state index contributed by atoms with van der Waals surface area (Å²) in [5, 5.41) is 8.44. The molecule has 0 aliphatic rings. The molecule has 0 atom stereocenters. The summed E-state index contributed by atoms with van der Waals surface area (Å²) in [6.07, 6.45) is -2.93. The van der Waals surface area contributed by atoms with Crippen LogP contribution in [0.1, 0.15) is 5.56 Å². The number of hydrogen-bond donors (Lipinski definition) is 2. The van der Waals surface area contributed by atoms with Crippen LogP contribution < -0.4 is 5.73 Å². The van der Waals surface area contributed by atoms with Crippen molar-refractivity contribution in [2.75, 3.05) is 5.73 Å². The van der Waals surface area contributed by atoms with Gasteiger partial charge in [0.1, 0.15) is 10.8 Å². The van der Waals surface area contributed by atoms with Gasteiger partial charge in [-0.3, -0.25) is 5.10 Å². The zero-order valence-corrected chi connectivity index (χ0v) is 11.3. The number of nitrogens with zero attached hydrogens (tertiary/aromatic N) is 2. The number of hydrogen-bond acceptors (Lipinski definition) is 4. The first-order valence-corrected chi connectivity index (χ1v) is 6.76. The molecule has 2 heterocycles. The summed E-state index contributed by atoms with van der Waals surface area (Å²) in [5.74, 6) is 0.333. The van der Waals surface area contributed by atoms with Crippen molar-refractivity contribution in [1.29, 1.82) is 0 Å². The van der Waals surface area contributed by atoms with Gasteiger partial charge in [-0.1, -0.05) is 18.2 Å². The molecule has 0 spiro atoms. The summed E-state index contributed by atoms with van der Waals surface area (Å²) < 4.78 is 39.1. The fraction of sp³-hybridized carbons (Fsp3) is 0.0769. The third-order valence-electron chi connectivity index (χ3n) is 2.91. The van der Waals surface area contributed by atoms with Crippen LogP contribution in [-0.2, 0) is 6.18 Å². The summed E-state index contributed by atoms with van der Waals surface area (Å²) in [6.45, 7) is 0. The average molecular weight is 310 g/mol. The summed E-state index contributed by atoms with van der Waals surface area (Å²) >= 11 is 1.22. The molecule has 0 fully saturated rings. The van der Waals surface area contributed by atoms with E-state index >= 15 is 0 Å². The molecule has 0 aliphatic heterocycles. The summed E-state index contributed by atoms with van der Waals surface area (Å²) in [6, 6.07) is 5.35. The number of nitrogens with one attached hydrogen (secondary N) is 1. The second-order valence-corrected chi connectivity index (χ2v) is 5.14. The number of thiazole rings is 1. The Balaban J connectivity index is 2.08. The molecule has 3 aromatic rings. The molecule has 0 saturated heterocycles. The Morgan fingerprint density at radius 3 is 2.57 bits per heavy atom. The van der Waals surface area contributed by atoms with E-state index < -0.39 is 11.7 Å². The molecular formula is C13H9F3N4S. The van der Waals surface area contributed by atoms with Crippen molar-refractivity contribution in [3.63, 3.8) is 0 Å². The summed E-state index contributed by atoms with van der Waals surface area (Å²) in [7, 11) is 0. The summed E-state index contributed by atoms with van der Waals surface area (Å²) in [4.78, 5) is 4.24. The fourth-order valence-electron chi connectivity index (χ4n) is 1.94. The van der Waals surface area contributed by atoms with Gasteiger partial charge >= 0.3 is 6.18 Å². The van der Waals surface area contributed by atoms with E-state index in [-0.39, 0.29) is 11.3 Å².